The molecule has 19 heteroatoms. The molecular formula is C33H37F3N8O8. The summed E-state index contributed by atoms with van der Waals surface area (Å²) in [7, 11) is 0. The highest BCUT2D eigenvalue weighted by molar-refractivity contribution is 5.91. The molecule has 278 valence electrons. The number of carbonyl (C=O) groups excluding carboxylic acids is 1. The number of ether oxygens (including phenoxy) is 1. The number of nitrogens with zero attached hydrogens (tertiary/aromatic N) is 6. The third kappa shape index (κ3) is 7.17. The Bertz CT molecular complexity index is 2080. The molecule has 16 nitrogen and oxygen atoms in total. The van der Waals surface area contributed by atoms with Gasteiger partial charge < -0.3 is 30.5 Å². The maximum Gasteiger partial charge on any atom is 0.351 e. The van der Waals surface area contributed by atoms with E-state index < -0.39 is 54.1 Å². The number of amides is 1. The molecule has 0 radical (unpaired) electrons. The molecule has 2 aliphatic rings. The van der Waals surface area contributed by atoms with Crippen molar-refractivity contribution in [2.24, 2.45) is 0 Å². The van der Waals surface area contributed by atoms with Crippen LogP contribution in [0.25, 0.3) is 17.1 Å². The van der Waals surface area contributed by atoms with Gasteiger partial charge in [-0.25, -0.2) is 23.6 Å². The topological polar surface area (TPSA) is 211 Å². The van der Waals surface area contributed by atoms with Crippen LogP contribution in [0.3, 0.4) is 0 Å². The van der Waals surface area contributed by atoms with Crippen LogP contribution in [-0.2, 0) is 16.1 Å². The van der Waals surface area contributed by atoms with E-state index in [1.54, 1.807) is 12.1 Å². The van der Waals surface area contributed by atoms with Crippen molar-refractivity contribution in [1.82, 2.24) is 34.1 Å². The van der Waals surface area contributed by atoms with Crippen LogP contribution in [0.4, 0.5) is 19.0 Å². The number of hydrogen-bond donors (Lipinski definition) is 6. The predicted octanol–water partition coefficient (Wildman–Crippen LogP) is 1.10. The van der Waals surface area contributed by atoms with Gasteiger partial charge in [-0.15, -0.1) is 0 Å². The van der Waals surface area contributed by atoms with Gasteiger partial charge in [-0.1, -0.05) is 19.9 Å². The number of aromatic amines is 1. The van der Waals surface area contributed by atoms with Gasteiger partial charge in [0.2, 0.25) is 12.1 Å². The number of aliphatic hydroxyl groups is 2. The molecule has 2 aliphatic heterocycles. The van der Waals surface area contributed by atoms with Crippen molar-refractivity contribution < 1.29 is 43.1 Å². The maximum atomic E-state index is 15.4. The Morgan fingerprint density at radius 3 is 2.42 bits per heavy atom. The molecule has 2 aromatic carbocycles. The van der Waals surface area contributed by atoms with Gasteiger partial charge in [0.15, 0.2) is 11.9 Å². The lowest BCUT2D eigenvalue weighted by Gasteiger charge is -2.34. The molecule has 0 saturated carbocycles. The number of halogens is 3. The van der Waals surface area contributed by atoms with E-state index in [4.69, 9.17) is 4.74 Å². The van der Waals surface area contributed by atoms with E-state index in [1.807, 2.05) is 23.6 Å². The van der Waals surface area contributed by atoms with E-state index in [-0.39, 0.29) is 53.4 Å². The summed E-state index contributed by atoms with van der Waals surface area (Å²) >= 11 is 0. The summed E-state index contributed by atoms with van der Waals surface area (Å²) < 4.78 is 50.9. The third-order valence-electron chi connectivity index (χ3n) is 9.11. The van der Waals surface area contributed by atoms with Gasteiger partial charge in [0, 0.05) is 50.6 Å². The van der Waals surface area contributed by atoms with Crippen molar-refractivity contribution in [3.63, 3.8) is 0 Å². The van der Waals surface area contributed by atoms with E-state index >= 15 is 4.39 Å². The van der Waals surface area contributed by atoms with Crippen molar-refractivity contribution in [3.8, 4) is 28.6 Å². The molecule has 2 fully saturated rings. The first kappa shape index (κ1) is 36.7. The number of phenols is 2. The van der Waals surface area contributed by atoms with Crippen LogP contribution in [-0.4, -0.2) is 118 Å². The summed E-state index contributed by atoms with van der Waals surface area (Å²) in [6.07, 6.45) is -5.15. The second-order valence-electron chi connectivity index (χ2n) is 13.0. The zero-order valence-electron chi connectivity index (χ0n) is 28.0. The number of alkyl halides is 2. The van der Waals surface area contributed by atoms with E-state index in [0.29, 0.717) is 41.9 Å². The first-order chi connectivity index (χ1) is 24.7. The second-order valence-corrected chi connectivity index (χ2v) is 13.0. The number of phenolic OH excluding ortho intramolecular Hbond substituents is 2. The quantitative estimate of drug-likeness (QED) is 0.136. The number of aliphatic hydroxyl groups excluding tert-OH is 2. The van der Waals surface area contributed by atoms with Crippen LogP contribution in [0.2, 0.25) is 0 Å². The molecule has 52 heavy (non-hydrogen) atoms. The fourth-order valence-electron chi connectivity index (χ4n) is 6.27. The Kier molecular flexibility index (Phi) is 10.2. The van der Waals surface area contributed by atoms with Gasteiger partial charge in [-0.2, -0.15) is 18.9 Å². The number of piperazine rings is 1. The Labute approximate surface area is 293 Å². The minimum atomic E-state index is -3.87. The first-order valence-electron chi connectivity index (χ1n) is 16.4. The van der Waals surface area contributed by atoms with Gasteiger partial charge in [0.1, 0.15) is 29.2 Å². The van der Waals surface area contributed by atoms with E-state index in [2.05, 4.69) is 20.5 Å². The fraction of sp³-hybridized carbons (Fsp3) is 0.424. The molecule has 4 heterocycles. The highest BCUT2D eigenvalue weighted by atomic mass is 19.3. The molecule has 3 atom stereocenters. The van der Waals surface area contributed by atoms with Crippen molar-refractivity contribution in [3.05, 3.63) is 80.5 Å². The molecule has 0 spiro atoms. The smallest absolute Gasteiger partial charge is 0.351 e. The highest BCUT2D eigenvalue weighted by Gasteiger charge is 2.59. The van der Waals surface area contributed by atoms with Crippen LogP contribution in [0.15, 0.2) is 52.2 Å². The lowest BCUT2D eigenvalue weighted by atomic mass is 9.98. The van der Waals surface area contributed by atoms with Crippen LogP contribution in [0.1, 0.15) is 37.1 Å². The van der Waals surface area contributed by atoms with Crippen molar-refractivity contribution in [1.29, 1.82) is 0 Å². The summed E-state index contributed by atoms with van der Waals surface area (Å²) in [4.78, 5) is 45.4. The number of nitrogens with one attached hydrogen (secondary N) is 2. The molecule has 1 amide bonds. The lowest BCUT2D eigenvalue weighted by Crippen LogP contribution is -2.48. The fourth-order valence-corrected chi connectivity index (χ4v) is 6.27. The Balaban J connectivity index is 1.04. The summed E-state index contributed by atoms with van der Waals surface area (Å²) in [6.45, 7) is 4.90. The zero-order chi connectivity index (χ0) is 37.5. The number of aromatic hydroxyl groups is 2. The maximum absolute atomic E-state index is 15.4. The number of anilines is 1. The molecular weight excluding hydrogens is 693 g/mol. The second kappa shape index (κ2) is 14.5. The highest BCUT2D eigenvalue weighted by Crippen LogP contribution is 2.42. The van der Waals surface area contributed by atoms with Crippen LogP contribution in [0.5, 0.6) is 11.5 Å². The SMILES string of the molecule is CC(C)c1cc(-c2n[nH]c(=O)n2-c2ccc(CN3CCN(CC(=O)Nc4ccn([C@@H]5O[C@H](CO)[C@@H](O)C5(F)F)c(=O)n4)CC3)c(F)c2)c(O)cc1O. The monoisotopic (exact) mass is 730 g/mol. The Hall–Kier alpha value is -5.08. The molecule has 2 saturated heterocycles. The minimum absolute atomic E-state index is 0.0397. The number of benzene rings is 2. The molecule has 0 unspecified atom stereocenters. The largest absolute Gasteiger partial charge is 0.508 e. The van der Waals surface area contributed by atoms with Gasteiger partial charge in [0.05, 0.1) is 24.4 Å². The van der Waals surface area contributed by atoms with Gasteiger partial charge in [-0.3, -0.25) is 19.2 Å². The van der Waals surface area contributed by atoms with Crippen LogP contribution in [0, 0.1) is 5.82 Å². The standard InChI is InChI=1S/C33H37F3N8O8/c1-17(2)20-12-21(24(47)13-23(20)46)29-39-40-32(51)44(29)19-4-3-18(22(34)11-19)14-41-7-9-42(10-8-41)15-27(48)37-26-5-6-43(31(50)38-26)30-33(35,36)28(49)25(16-45)52-30/h3-6,11-13,17,25,28,30,45-47,49H,7-10,14-16H2,1-2H3,(H,40,51)(H,37,38,48,50)/t25-,28-,30-/m1/s1. The molecule has 0 aliphatic carbocycles. The van der Waals surface area contributed by atoms with Crippen LogP contribution < -0.4 is 16.7 Å². The average molecular weight is 731 g/mol. The van der Waals surface area contributed by atoms with Crippen molar-refractivity contribution in [2.45, 2.75) is 50.7 Å². The van der Waals surface area contributed by atoms with E-state index in [1.165, 1.54) is 18.2 Å². The molecule has 2 aromatic heterocycles. The summed E-state index contributed by atoms with van der Waals surface area (Å²) in [6, 6.07) is 8.16. The number of hydrogen-bond acceptors (Lipinski definition) is 12. The van der Waals surface area contributed by atoms with Gasteiger partial charge in [-0.05, 0) is 35.7 Å². The number of H-pyrrole nitrogens is 1. The summed E-state index contributed by atoms with van der Waals surface area (Å²) in [5, 5.41) is 48.5. The van der Waals surface area contributed by atoms with E-state index in [9.17, 15) is 43.6 Å². The average Bonchev–Trinajstić information content (AvgIpc) is 3.57. The van der Waals surface area contributed by atoms with Crippen LogP contribution >= 0.6 is 0 Å². The number of aromatic nitrogens is 5. The number of carbonyl (C=O) groups is 1. The predicted molar refractivity (Wildman–Crippen MR) is 178 cm³/mol. The number of rotatable bonds is 10. The van der Waals surface area contributed by atoms with E-state index in [0.717, 1.165) is 16.8 Å². The minimum Gasteiger partial charge on any atom is -0.508 e. The van der Waals surface area contributed by atoms with Crippen molar-refractivity contribution >= 4 is 11.7 Å². The zero-order valence-corrected chi connectivity index (χ0v) is 28.0. The van der Waals surface area contributed by atoms with Gasteiger partial charge in [0.25, 0.3) is 0 Å². The molecule has 0 bridgehead atoms. The van der Waals surface area contributed by atoms with Crippen molar-refractivity contribution in [2.75, 3.05) is 44.6 Å². The molecule has 6 N–H and O–H groups in total. The Morgan fingerprint density at radius 1 is 1.08 bits per heavy atom. The van der Waals surface area contributed by atoms with Gasteiger partial charge >= 0.3 is 17.3 Å². The summed E-state index contributed by atoms with van der Waals surface area (Å²) in [5.74, 6) is -5.58. The summed E-state index contributed by atoms with van der Waals surface area (Å²) in [5.41, 5.74) is -0.552. The third-order valence-corrected chi connectivity index (χ3v) is 9.11. The lowest BCUT2D eigenvalue weighted by molar-refractivity contribution is -0.141. The molecule has 4 aromatic rings. The molecule has 6 rings (SSSR count). The first-order valence-corrected chi connectivity index (χ1v) is 16.4. The Morgan fingerprint density at radius 2 is 1.79 bits per heavy atom. The normalized spacial score (nSPS) is 20.8.